The summed E-state index contributed by atoms with van der Waals surface area (Å²) in [7, 11) is 2.05. The van der Waals surface area contributed by atoms with Gasteiger partial charge >= 0.3 is 11.9 Å². The van der Waals surface area contributed by atoms with Crippen LogP contribution in [0.4, 0.5) is 0 Å². The van der Waals surface area contributed by atoms with Crippen LogP contribution in [0.2, 0.25) is 0 Å². The summed E-state index contributed by atoms with van der Waals surface area (Å²) in [5, 5.41) is 18.5. The fourth-order valence-corrected chi connectivity index (χ4v) is 2.95. The van der Waals surface area contributed by atoms with E-state index in [1.807, 2.05) is 7.05 Å². The molecule has 1 aliphatic heterocycles. The van der Waals surface area contributed by atoms with Gasteiger partial charge in [-0.05, 0) is 45.1 Å². The maximum absolute atomic E-state index is 11.4. The Morgan fingerprint density at radius 2 is 1.86 bits per heavy atom. The smallest absolute Gasteiger partial charge is 0.356 e. The number of aromatic carboxylic acids is 2. The number of hydrogen-bond acceptors (Lipinski definition) is 4. The highest BCUT2D eigenvalue weighted by atomic mass is 16.4. The zero-order chi connectivity index (χ0) is 15.9. The predicted octanol–water partition coefficient (Wildman–Crippen LogP) is 1.54. The standard InChI is InChI=1S/C15H17N3O4/c1-17-6-4-9(5-7-17)13-16-12(15(21)22)11-3-2-10(14(19)20)8-18(11)13/h2-3,8-9H,4-7H2,1H3,(H,19,20)(H,21,22). The SMILES string of the molecule is CN1CCC(c2nc(C(=O)O)c3ccc(C(=O)O)cn23)CC1. The van der Waals surface area contributed by atoms with E-state index in [9.17, 15) is 14.7 Å². The normalized spacial score (nSPS) is 17.0. The van der Waals surface area contributed by atoms with Gasteiger partial charge in [-0.1, -0.05) is 0 Å². The molecule has 0 aliphatic carbocycles. The average molecular weight is 303 g/mol. The van der Waals surface area contributed by atoms with Crippen LogP contribution in [0, 0.1) is 0 Å². The molecule has 0 unspecified atom stereocenters. The molecule has 0 bridgehead atoms. The molecule has 0 saturated carbocycles. The van der Waals surface area contributed by atoms with E-state index < -0.39 is 11.9 Å². The Hall–Kier alpha value is -2.41. The van der Waals surface area contributed by atoms with Crippen molar-refractivity contribution in [1.29, 1.82) is 0 Å². The van der Waals surface area contributed by atoms with Crippen LogP contribution in [0.25, 0.3) is 5.52 Å². The Morgan fingerprint density at radius 1 is 1.18 bits per heavy atom. The number of carboxylic acids is 2. The molecule has 0 atom stereocenters. The van der Waals surface area contributed by atoms with Crippen LogP contribution in [0.15, 0.2) is 18.3 Å². The summed E-state index contributed by atoms with van der Waals surface area (Å²) in [6.07, 6.45) is 3.22. The van der Waals surface area contributed by atoms with Crippen LogP contribution >= 0.6 is 0 Å². The highest BCUT2D eigenvalue weighted by molar-refractivity contribution is 5.95. The number of rotatable bonds is 3. The molecule has 7 nitrogen and oxygen atoms in total. The highest BCUT2D eigenvalue weighted by Gasteiger charge is 2.26. The Morgan fingerprint density at radius 3 is 2.45 bits per heavy atom. The van der Waals surface area contributed by atoms with Crippen LogP contribution in [0.5, 0.6) is 0 Å². The lowest BCUT2D eigenvalue weighted by atomic mass is 9.96. The maximum atomic E-state index is 11.4. The second kappa shape index (κ2) is 5.42. The van der Waals surface area contributed by atoms with Crippen molar-refractivity contribution in [3.8, 4) is 0 Å². The predicted molar refractivity (Wildman–Crippen MR) is 78.6 cm³/mol. The Labute approximate surface area is 126 Å². The van der Waals surface area contributed by atoms with Gasteiger partial charge in [-0.15, -0.1) is 0 Å². The van der Waals surface area contributed by atoms with Crippen LogP contribution in [0.3, 0.4) is 0 Å². The number of nitrogens with zero attached hydrogens (tertiary/aromatic N) is 3. The largest absolute Gasteiger partial charge is 0.478 e. The van der Waals surface area contributed by atoms with Crippen molar-refractivity contribution in [3.63, 3.8) is 0 Å². The monoisotopic (exact) mass is 303 g/mol. The molecule has 0 spiro atoms. The van der Waals surface area contributed by atoms with Crippen molar-refractivity contribution in [1.82, 2.24) is 14.3 Å². The van der Waals surface area contributed by atoms with Gasteiger partial charge in [0, 0.05) is 12.1 Å². The molecule has 2 N–H and O–H groups in total. The van der Waals surface area contributed by atoms with Gasteiger partial charge in [0.25, 0.3) is 0 Å². The highest BCUT2D eigenvalue weighted by Crippen LogP contribution is 2.29. The molecule has 0 aromatic carbocycles. The summed E-state index contributed by atoms with van der Waals surface area (Å²) < 4.78 is 1.63. The van der Waals surface area contributed by atoms with Crippen LogP contribution in [-0.4, -0.2) is 56.6 Å². The molecule has 22 heavy (non-hydrogen) atoms. The van der Waals surface area contributed by atoms with Gasteiger partial charge in [-0.25, -0.2) is 14.6 Å². The van der Waals surface area contributed by atoms with Gasteiger partial charge in [0.15, 0.2) is 5.69 Å². The number of pyridine rings is 1. The Kier molecular flexibility index (Phi) is 3.58. The first-order chi connectivity index (χ1) is 10.5. The molecule has 1 saturated heterocycles. The van der Waals surface area contributed by atoms with Gasteiger partial charge in [0.2, 0.25) is 0 Å². The quantitative estimate of drug-likeness (QED) is 0.893. The van der Waals surface area contributed by atoms with Crippen LogP contribution < -0.4 is 0 Å². The van der Waals surface area contributed by atoms with Crippen molar-refractivity contribution in [3.05, 3.63) is 35.4 Å². The lowest BCUT2D eigenvalue weighted by Gasteiger charge is -2.28. The lowest BCUT2D eigenvalue weighted by Crippen LogP contribution is -2.30. The summed E-state index contributed by atoms with van der Waals surface area (Å²) in [4.78, 5) is 29.0. The number of carbonyl (C=O) groups is 2. The van der Waals surface area contributed by atoms with Crippen molar-refractivity contribution < 1.29 is 19.8 Å². The first-order valence-corrected chi connectivity index (χ1v) is 7.14. The number of piperidine rings is 1. The summed E-state index contributed by atoms with van der Waals surface area (Å²) in [6.45, 7) is 1.83. The van der Waals surface area contributed by atoms with E-state index in [0.29, 0.717) is 11.3 Å². The molecular weight excluding hydrogens is 286 g/mol. The van der Waals surface area contributed by atoms with Gasteiger partial charge in [-0.2, -0.15) is 0 Å². The molecule has 3 rings (SSSR count). The minimum absolute atomic E-state index is 0.0223. The molecule has 1 fully saturated rings. The topological polar surface area (TPSA) is 95.1 Å². The number of aromatic nitrogens is 2. The van der Waals surface area contributed by atoms with E-state index in [1.54, 1.807) is 4.40 Å². The molecule has 116 valence electrons. The van der Waals surface area contributed by atoms with Gasteiger partial charge in [0.1, 0.15) is 5.82 Å². The number of hydrogen-bond donors (Lipinski definition) is 2. The third-order valence-corrected chi connectivity index (χ3v) is 4.20. The van der Waals surface area contributed by atoms with Crippen molar-refractivity contribution in [2.75, 3.05) is 20.1 Å². The fraction of sp³-hybridized carbons (Fsp3) is 0.400. The summed E-state index contributed by atoms with van der Waals surface area (Å²) >= 11 is 0. The van der Waals surface area contributed by atoms with E-state index in [2.05, 4.69) is 9.88 Å². The summed E-state index contributed by atoms with van der Waals surface area (Å²) in [5.74, 6) is -1.36. The lowest BCUT2D eigenvalue weighted by molar-refractivity contribution is 0.0684. The summed E-state index contributed by atoms with van der Waals surface area (Å²) in [6, 6.07) is 2.92. The van der Waals surface area contributed by atoms with E-state index in [-0.39, 0.29) is 17.2 Å². The van der Waals surface area contributed by atoms with Crippen molar-refractivity contribution in [2.24, 2.45) is 0 Å². The van der Waals surface area contributed by atoms with Gasteiger partial charge < -0.3 is 19.5 Å². The maximum Gasteiger partial charge on any atom is 0.356 e. The Bertz CT molecular complexity index is 745. The van der Waals surface area contributed by atoms with Gasteiger partial charge in [0.05, 0.1) is 11.1 Å². The minimum Gasteiger partial charge on any atom is -0.478 e. The number of carboxylic acid groups (broad SMARTS) is 2. The number of imidazole rings is 1. The molecular formula is C15H17N3O4. The number of fused-ring (bicyclic) bond motifs is 1. The second-order valence-electron chi connectivity index (χ2n) is 5.68. The van der Waals surface area contributed by atoms with Crippen molar-refractivity contribution in [2.45, 2.75) is 18.8 Å². The molecule has 2 aromatic heterocycles. The van der Waals surface area contributed by atoms with E-state index in [4.69, 9.17) is 5.11 Å². The molecule has 0 amide bonds. The summed E-state index contributed by atoms with van der Waals surface area (Å²) in [5.41, 5.74) is 0.535. The van der Waals surface area contributed by atoms with E-state index in [1.165, 1.54) is 18.3 Å². The second-order valence-corrected chi connectivity index (χ2v) is 5.68. The van der Waals surface area contributed by atoms with Crippen molar-refractivity contribution >= 4 is 17.5 Å². The zero-order valence-corrected chi connectivity index (χ0v) is 12.2. The third kappa shape index (κ3) is 2.43. The zero-order valence-electron chi connectivity index (χ0n) is 12.2. The Balaban J connectivity index is 2.13. The molecule has 3 heterocycles. The van der Waals surface area contributed by atoms with E-state index >= 15 is 0 Å². The first kappa shape index (κ1) is 14.5. The minimum atomic E-state index is -1.10. The van der Waals surface area contributed by atoms with Crippen LogP contribution in [-0.2, 0) is 0 Å². The van der Waals surface area contributed by atoms with Gasteiger partial charge in [-0.3, -0.25) is 0 Å². The molecule has 0 radical (unpaired) electrons. The molecule has 7 heteroatoms. The third-order valence-electron chi connectivity index (χ3n) is 4.20. The number of likely N-dealkylation sites (tertiary alicyclic amines) is 1. The van der Waals surface area contributed by atoms with E-state index in [0.717, 1.165) is 25.9 Å². The molecule has 1 aliphatic rings. The average Bonchev–Trinajstić information content (AvgIpc) is 2.87. The van der Waals surface area contributed by atoms with Crippen LogP contribution in [0.1, 0.15) is 45.4 Å². The first-order valence-electron chi connectivity index (χ1n) is 7.14. The fourth-order valence-electron chi connectivity index (χ4n) is 2.95. The molecule has 2 aromatic rings.